The number of unbranched alkanes of at least 4 members (excludes halogenated alkanes) is 1. The van der Waals surface area contributed by atoms with Gasteiger partial charge in [0.25, 0.3) is 5.91 Å². The number of methoxy groups -OCH3 is 1. The number of carboxylic acid groups (broad SMARTS) is 1. The van der Waals surface area contributed by atoms with Crippen LogP contribution in [0.2, 0.25) is 0 Å². The van der Waals surface area contributed by atoms with Gasteiger partial charge in [-0.2, -0.15) is 13.2 Å². The minimum absolute atomic E-state index is 0.0413. The molecule has 0 saturated carbocycles. The number of nitrogens with two attached hydrogens (primary N) is 1. The van der Waals surface area contributed by atoms with Crippen molar-refractivity contribution < 1.29 is 51.8 Å². The molecule has 1 rings (SSSR count). The maximum atomic E-state index is 11.8. The van der Waals surface area contributed by atoms with E-state index in [0.29, 0.717) is 17.5 Å². The zero-order chi connectivity index (χ0) is 28.4. The van der Waals surface area contributed by atoms with Crippen LogP contribution < -0.4 is 16.4 Å². The standard InChI is InChI=1S/C19H27N5O6.C2HF3O2/c1-3-4-9-29-19(27)24-15(18(26)28-2)11-22-16(25)12-30-23-10-13-5-7-14(8-6-13)17(20)21;3-2(4,5)1(6)7/h5-8,10,15H,3-4,9,11-12H2,1-2H3,(H3,20,21)(H,22,25)(H,24,27);(H,6,7)/t15-;/m0./s1. The van der Waals surface area contributed by atoms with E-state index < -0.39 is 42.8 Å². The third-order valence-corrected chi connectivity index (χ3v) is 3.95. The Morgan fingerprint density at radius 1 is 1.22 bits per heavy atom. The minimum atomic E-state index is -5.08. The molecular weight excluding hydrogens is 507 g/mol. The number of benzene rings is 1. The predicted octanol–water partition coefficient (Wildman–Crippen LogP) is 1.14. The maximum Gasteiger partial charge on any atom is 0.490 e. The first-order valence-corrected chi connectivity index (χ1v) is 10.5. The van der Waals surface area contributed by atoms with E-state index in [4.69, 9.17) is 30.6 Å². The highest BCUT2D eigenvalue weighted by molar-refractivity contribution is 5.95. The third kappa shape index (κ3) is 15.3. The summed E-state index contributed by atoms with van der Waals surface area (Å²) in [6.07, 6.45) is -2.91. The molecule has 1 aromatic rings. The number of amides is 2. The number of alkyl halides is 3. The molecule has 16 heteroatoms. The number of nitrogen functional groups attached to an aromatic ring is 1. The van der Waals surface area contributed by atoms with Crippen molar-refractivity contribution in [1.82, 2.24) is 10.6 Å². The summed E-state index contributed by atoms with van der Waals surface area (Å²) in [5.41, 5.74) is 6.64. The lowest BCUT2D eigenvalue weighted by Gasteiger charge is -2.16. The van der Waals surface area contributed by atoms with E-state index >= 15 is 0 Å². The monoisotopic (exact) mass is 535 g/mol. The van der Waals surface area contributed by atoms with Gasteiger partial charge in [0.15, 0.2) is 6.61 Å². The number of amidine groups is 1. The SMILES string of the molecule is CCCCOC(=O)N[C@@H](CNC(=O)CON=Cc1ccc(C(=N)N)cc1)C(=O)OC.O=C(O)C(F)(F)F. The van der Waals surface area contributed by atoms with E-state index in [9.17, 15) is 27.6 Å². The Morgan fingerprint density at radius 2 is 1.81 bits per heavy atom. The van der Waals surface area contributed by atoms with Gasteiger partial charge in [-0.25, -0.2) is 14.4 Å². The van der Waals surface area contributed by atoms with Crippen molar-refractivity contribution in [2.24, 2.45) is 10.9 Å². The number of nitrogens with zero attached hydrogens (tertiary/aromatic N) is 1. The number of ether oxygens (including phenoxy) is 2. The van der Waals surface area contributed by atoms with Gasteiger partial charge in [-0.15, -0.1) is 0 Å². The molecule has 0 aliphatic carbocycles. The zero-order valence-corrected chi connectivity index (χ0v) is 20.0. The smallest absolute Gasteiger partial charge is 0.475 e. The van der Waals surface area contributed by atoms with Gasteiger partial charge >= 0.3 is 24.2 Å². The fourth-order valence-corrected chi connectivity index (χ4v) is 2.04. The zero-order valence-electron chi connectivity index (χ0n) is 20.0. The molecule has 206 valence electrons. The lowest BCUT2D eigenvalue weighted by Crippen LogP contribution is -2.49. The topological polar surface area (TPSA) is 202 Å². The molecule has 0 heterocycles. The summed E-state index contributed by atoms with van der Waals surface area (Å²) in [7, 11) is 1.17. The van der Waals surface area contributed by atoms with Gasteiger partial charge in [-0.1, -0.05) is 42.8 Å². The molecule has 0 fully saturated rings. The first-order chi connectivity index (χ1) is 17.3. The molecule has 1 aromatic carbocycles. The van der Waals surface area contributed by atoms with E-state index in [1.165, 1.54) is 13.3 Å². The highest BCUT2D eigenvalue weighted by Gasteiger charge is 2.38. The van der Waals surface area contributed by atoms with Crippen LogP contribution in [-0.4, -0.2) is 80.2 Å². The highest BCUT2D eigenvalue weighted by Crippen LogP contribution is 2.13. The molecule has 13 nitrogen and oxygen atoms in total. The highest BCUT2D eigenvalue weighted by atomic mass is 19.4. The third-order valence-electron chi connectivity index (χ3n) is 3.95. The normalized spacial score (nSPS) is 11.4. The summed E-state index contributed by atoms with van der Waals surface area (Å²) in [6, 6.07) is 5.59. The number of hydrogen-bond donors (Lipinski definition) is 5. The van der Waals surface area contributed by atoms with E-state index in [0.717, 1.165) is 6.42 Å². The number of alkyl carbamates (subject to hydrolysis) is 1. The largest absolute Gasteiger partial charge is 0.490 e. The fourth-order valence-electron chi connectivity index (χ4n) is 2.04. The number of rotatable bonds is 12. The van der Waals surface area contributed by atoms with Crippen LogP contribution in [-0.2, 0) is 28.7 Å². The Balaban J connectivity index is 0.00000161. The van der Waals surface area contributed by atoms with Crippen molar-refractivity contribution in [3.05, 3.63) is 35.4 Å². The predicted molar refractivity (Wildman–Crippen MR) is 123 cm³/mol. The summed E-state index contributed by atoms with van der Waals surface area (Å²) in [5.74, 6) is -4.07. The second-order valence-corrected chi connectivity index (χ2v) is 6.86. The number of carbonyl (C=O) groups is 4. The number of oxime groups is 1. The van der Waals surface area contributed by atoms with Crippen LogP contribution >= 0.6 is 0 Å². The lowest BCUT2D eigenvalue weighted by molar-refractivity contribution is -0.192. The molecular formula is C21H28F3N5O8. The molecule has 6 N–H and O–H groups in total. The van der Waals surface area contributed by atoms with Crippen LogP contribution in [0.3, 0.4) is 0 Å². The summed E-state index contributed by atoms with van der Waals surface area (Å²) < 4.78 is 41.3. The number of carboxylic acids is 1. The van der Waals surface area contributed by atoms with Gasteiger partial charge in [-0.3, -0.25) is 10.2 Å². The molecule has 0 aliphatic rings. The van der Waals surface area contributed by atoms with Crippen LogP contribution in [0.1, 0.15) is 30.9 Å². The number of aliphatic carboxylic acids is 1. The van der Waals surface area contributed by atoms with Gasteiger partial charge in [0.1, 0.15) is 11.9 Å². The minimum Gasteiger partial charge on any atom is -0.475 e. The summed E-state index contributed by atoms with van der Waals surface area (Å²) in [5, 5.41) is 22.9. The number of esters is 1. The van der Waals surface area contributed by atoms with Crippen LogP contribution in [0, 0.1) is 5.41 Å². The van der Waals surface area contributed by atoms with Crippen molar-refractivity contribution in [2.45, 2.75) is 32.0 Å². The number of halogens is 3. The fraction of sp³-hybridized carbons (Fsp3) is 0.429. The Morgan fingerprint density at radius 3 is 2.30 bits per heavy atom. The Bertz CT molecular complexity index is 939. The van der Waals surface area contributed by atoms with Gasteiger partial charge in [0.2, 0.25) is 0 Å². The van der Waals surface area contributed by atoms with Crippen molar-refractivity contribution in [2.75, 3.05) is 26.9 Å². The molecule has 0 saturated heterocycles. The van der Waals surface area contributed by atoms with Gasteiger partial charge < -0.3 is 35.8 Å². The molecule has 0 radical (unpaired) electrons. The molecule has 2 amide bonds. The molecule has 0 bridgehead atoms. The van der Waals surface area contributed by atoms with Crippen molar-refractivity contribution >= 4 is 36.0 Å². The average Bonchev–Trinajstić information content (AvgIpc) is 2.84. The van der Waals surface area contributed by atoms with Crippen LogP contribution in [0.25, 0.3) is 0 Å². The van der Waals surface area contributed by atoms with Crippen LogP contribution in [0.15, 0.2) is 29.4 Å². The van der Waals surface area contributed by atoms with Gasteiger partial charge in [0.05, 0.1) is 19.9 Å². The van der Waals surface area contributed by atoms with Gasteiger partial charge in [-0.05, 0) is 12.0 Å². The summed E-state index contributed by atoms with van der Waals surface area (Å²) in [4.78, 5) is 49.1. The number of hydrogen-bond acceptors (Lipinski definition) is 9. The molecule has 0 spiro atoms. The maximum absolute atomic E-state index is 11.8. The first-order valence-electron chi connectivity index (χ1n) is 10.5. The van der Waals surface area contributed by atoms with E-state index in [-0.39, 0.29) is 19.0 Å². The second-order valence-electron chi connectivity index (χ2n) is 6.86. The van der Waals surface area contributed by atoms with Crippen LogP contribution in [0.5, 0.6) is 0 Å². The number of carbonyl (C=O) groups excluding carboxylic acids is 3. The molecule has 1 atom stereocenters. The second kappa shape index (κ2) is 17.1. The first kappa shape index (κ1) is 32.6. The summed E-state index contributed by atoms with van der Waals surface area (Å²) >= 11 is 0. The summed E-state index contributed by atoms with van der Waals surface area (Å²) in [6.45, 7) is 1.58. The van der Waals surface area contributed by atoms with E-state index in [2.05, 4.69) is 20.5 Å². The molecule has 0 aromatic heterocycles. The quantitative estimate of drug-likeness (QED) is 0.0855. The van der Waals surface area contributed by atoms with Crippen molar-refractivity contribution in [1.29, 1.82) is 5.41 Å². The number of nitrogens with one attached hydrogen (secondary N) is 3. The van der Waals surface area contributed by atoms with Crippen LogP contribution in [0.4, 0.5) is 18.0 Å². The molecule has 37 heavy (non-hydrogen) atoms. The van der Waals surface area contributed by atoms with E-state index in [1.807, 2.05) is 6.92 Å². The van der Waals surface area contributed by atoms with Crippen molar-refractivity contribution in [3.63, 3.8) is 0 Å². The Labute approximate surface area is 209 Å². The van der Waals surface area contributed by atoms with E-state index in [1.54, 1.807) is 24.3 Å². The van der Waals surface area contributed by atoms with Gasteiger partial charge in [0, 0.05) is 12.1 Å². The Hall–Kier alpha value is -4.37. The van der Waals surface area contributed by atoms with Crippen molar-refractivity contribution in [3.8, 4) is 0 Å². The average molecular weight is 535 g/mol. The molecule has 0 unspecified atom stereocenters. The Kier molecular flexibility index (Phi) is 15.1. The lowest BCUT2D eigenvalue weighted by atomic mass is 10.1. The molecule has 0 aliphatic heterocycles.